The van der Waals surface area contributed by atoms with Crippen LogP contribution in [0.5, 0.6) is 46.0 Å². The molecule has 4 aromatic carbocycles. The molecule has 9 heteroatoms. The largest absolute Gasteiger partial charge is 0.493 e. The number of hydrogen-bond donors (Lipinski definition) is 0. The summed E-state index contributed by atoms with van der Waals surface area (Å²) >= 11 is 3.92. The fourth-order valence-corrected chi connectivity index (χ4v) is 8.79. The summed E-state index contributed by atoms with van der Waals surface area (Å²) in [5.74, 6) is 5.19. The summed E-state index contributed by atoms with van der Waals surface area (Å²) in [5.41, 5.74) is 6.14. The smallest absolute Gasteiger partial charge is 0.205 e. The molecule has 0 aromatic heterocycles. The molecule has 0 saturated carbocycles. The molecule has 6 bridgehead atoms. The molecule has 8 nitrogen and oxygen atoms in total. The first-order valence-corrected chi connectivity index (χ1v) is 17.6. The van der Waals surface area contributed by atoms with Crippen molar-refractivity contribution in [3.8, 4) is 46.0 Å². The van der Waals surface area contributed by atoms with E-state index in [1.165, 1.54) is 16.7 Å². The molecule has 4 heterocycles. The number of nitrogens with zero attached hydrogens (tertiary/aromatic N) is 2. The SMILES string of the molecule is COc1ccc2cc1Oc1ccc(cc1)C[C@@]1(C)c3cc(c(OC)cc3CCN1C)Oc1c(OC)c(OC)c(Br)c3c1[C@](C)(C2)N(C)CC3. The van der Waals surface area contributed by atoms with Crippen molar-refractivity contribution < 1.29 is 28.4 Å². The highest BCUT2D eigenvalue weighted by atomic mass is 79.9. The summed E-state index contributed by atoms with van der Waals surface area (Å²) in [6.45, 7) is 6.36. The zero-order valence-electron chi connectivity index (χ0n) is 29.7. The van der Waals surface area contributed by atoms with E-state index >= 15 is 0 Å². The summed E-state index contributed by atoms with van der Waals surface area (Å²) in [7, 11) is 11.1. The minimum atomic E-state index is -0.514. The lowest BCUT2D eigenvalue weighted by Crippen LogP contribution is -2.48. The third-order valence-corrected chi connectivity index (χ3v) is 11.9. The Balaban J connectivity index is 1.54. The number of methoxy groups -OCH3 is 4. The van der Waals surface area contributed by atoms with Gasteiger partial charge in [0.2, 0.25) is 5.75 Å². The highest BCUT2D eigenvalue weighted by Gasteiger charge is 2.44. The molecule has 0 spiro atoms. The fourth-order valence-electron chi connectivity index (χ4n) is 8.05. The second-order valence-corrected chi connectivity index (χ2v) is 14.6. The number of likely N-dealkylation sites (N-methyl/N-ethyl adjacent to an activating group) is 2. The van der Waals surface area contributed by atoms with E-state index in [1.807, 2.05) is 6.07 Å². The number of rotatable bonds is 4. The van der Waals surface area contributed by atoms with Gasteiger partial charge in [-0.1, -0.05) is 18.2 Å². The van der Waals surface area contributed by atoms with Gasteiger partial charge >= 0.3 is 0 Å². The summed E-state index contributed by atoms with van der Waals surface area (Å²) in [4.78, 5) is 4.85. The van der Waals surface area contributed by atoms with E-state index < -0.39 is 5.54 Å². The van der Waals surface area contributed by atoms with Crippen molar-refractivity contribution in [3.63, 3.8) is 0 Å². The summed E-state index contributed by atoms with van der Waals surface area (Å²) in [6.07, 6.45) is 3.18. The molecule has 0 unspecified atom stereocenters. The Morgan fingerprint density at radius 3 is 2.00 bits per heavy atom. The van der Waals surface area contributed by atoms with E-state index in [4.69, 9.17) is 28.4 Å². The Kier molecular flexibility index (Phi) is 8.74. The molecule has 0 fully saturated rings. The lowest BCUT2D eigenvalue weighted by atomic mass is 9.77. The Morgan fingerprint density at radius 2 is 1.31 bits per heavy atom. The van der Waals surface area contributed by atoms with Crippen molar-refractivity contribution in [2.24, 2.45) is 0 Å². The van der Waals surface area contributed by atoms with Gasteiger partial charge in [-0.3, -0.25) is 9.80 Å². The molecule has 0 radical (unpaired) electrons. The summed E-state index contributed by atoms with van der Waals surface area (Å²) < 4.78 is 38.6. The van der Waals surface area contributed by atoms with Gasteiger partial charge in [-0.25, -0.2) is 0 Å². The number of ether oxygens (including phenoxy) is 6. The van der Waals surface area contributed by atoms with Crippen LogP contribution in [0.15, 0.2) is 59.1 Å². The second-order valence-electron chi connectivity index (χ2n) is 13.8. The van der Waals surface area contributed by atoms with Gasteiger partial charge in [0.1, 0.15) is 5.75 Å². The van der Waals surface area contributed by atoms with E-state index in [2.05, 4.69) is 102 Å². The molecule has 4 aromatic rings. The highest BCUT2D eigenvalue weighted by Crippen LogP contribution is 2.57. The Morgan fingerprint density at radius 1 is 0.673 bits per heavy atom. The number of benzene rings is 4. The molecule has 0 amide bonds. The second kappa shape index (κ2) is 12.8. The molecule has 0 N–H and O–H groups in total. The number of halogens is 1. The molecule has 0 saturated heterocycles. The van der Waals surface area contributed by atoms with Crippen LogP contribution in [0.3, 0.4) is 0 Å². The first kappa shape index (κ1) is 33.6. The van der Waals surface area contributed by atoms with Crippen LogP contribution in [0.2, 0.25) is 0 Å². The Bertz CT molecular complexity index is 1910. The predicted octanol–water partition coefficient (Wildman–Crippen LogP) is 8.27. The lowest BCUT2D eigenvalue weighted by Gasteiger charge is -2.46. The molecule has 4 aliphatic rings. The molecular weight excluding hydrogens is 684 g/mol. The van der Waals surface area contributed by atoms with Gasteiger partial charge < -0.3 is 28.4 Å². The van der Waals surface area contributed by atoms with Crippen LogP contribution >= 0.6 is 15.9 Å². The first-order chi connectivity index (χ1) is 23.5. The van der Waals surface area contributed by atoms with Crippen LogP contribution in [0.25, 0.3) is 0 Å². The van der Waals surface area contributed by atoms with E-state index in [0.29, 0.717) is 46.7 Å². The standard InChI is InChI=1S/C40H45BrN2O6/c1-39-22-24-9-12-27(13-10-24)48-32-19-25(11-14-30(32)44-5)23-40(2)34-28(16-18-43(40)4)35(41)37(46-7)38(47-8)36(34)49-33-21-29(39)26(15-17-42(39)3)20-31(33)45-6/h9-14,19-21H,15-18,22-23H2,1-8H3/t39-,40-/m0/s1. The highest BCUT2D eigenvalue weighted by molar-refractivity contribution is 9.10. The average molecular weight is 730 g/mol. The lowest BCUT2D eigenvalue weighted by molar-refractivity contribution is 0.118. The Hall–Kier alpha value is -3.92. The summed E-state index contributed by atoms with van der Waals surface area (Å²) in [5, 5.41) is 0. The number of fused-ring (bicyclic) bond motifs is 2. The maximum atomic E-state index is 7.17. The van der Waals surface area contributed by atoms with Crippen molar-refractivity contribution in [1.82, 2.24) is 9.80 Å². The molecular formula is C40H45BrN2O6. The van der Waals surface area contributed by atoms with Crippen molar-refractivity contribution in [1.29, 1.82) is 0 Å². The summed E-state index contributed by atoms with van der Waals surface area (Å²) in [6, 6.07) is 19.0. The first-order valence-electron chi connectivity index (χ1n) is 16.8. The van der Waals surface area contributed by atoms with Gasteiger partial charge in [-0.15, -0.1) is 0 Å². The zero-order chi connectivity index (χ0) is 34.7. The molecule has 8 rings (SSSR count). The van der Waals surface area contributed by atoms with Crippen LogP contribution < -0.4 is 28.4 Å². The maximum absolute atomic E-state index is 7.17. The van der Waals surface area contributed by atoms with Crippen molar-refractivity contribution in [2.45, 2.75) is 50.6 Å². The number of hydrogen-bond acceptors (Lipinski definition) is 8. The maximum Gasteiger partial charge on any atom is 0.205 e. The third-order valence-electron chi connectivity index (χ3n) is 11.1. The van der Waals surface area contributed by atoms with Gasteiger partial charge in [-0.05, 0) is 134 Å². The molecule has 2 atom stereocenters. The van der Waals surface area contributed by atoms with Crippen molar-refractivity contribution in [2.75, 3.05) is 55.6 Å². The third kappa shape index (κ3) is 5.50. The van der Waals surface area contributed by atoms with Crippen LogP contribution in [0.4, 0.5) is 0 Å². The van der Waals surface area contributed by atoms with Crippen molar-refractivity contribution >= 4 is 15.9 Å². The monoisotopic (exact) mass is 728 g/mol. The van der Waals surface area contributed by atoms with Gasteiger partial charge in [-0.2, -0.15) is 0 Å². The van der Waals surface area contributed by atoms with Crippen LogP contribution in [-0.4, -0.2) is 65.4 Å². The van der Waals surface area contributed by atoms with E-state index in [1.54, 1.807) is 28.4 Å². The van der Waals surface area contributed by atoms with Gasteiger partial charge in [0.15, 0.2) is 34.5 Å². The Labute approximate surface area is 297 Å². The molecule has 49 heavy (non-hydrogen) atoms. The minimum Gasteiger partial charge on any atom is -0.493 e. The van der Waals surface area contributed by atoms with Gasteiger partial charge in [0, 0.05) is 24.2 Å². The topological polar surface area (TPSA) is 61.9 Å². The molecule has 0 aliphatic carbocycles. The average Bonchev–Trinajstić information content (AvgIpc) is 3.09. The van der Waals surface area contributed by atoms with Crippen LogP contribution in [-0.2, 0) is 36.8 Å². The van der Waals surface area contributed by atoms with E-state index in [9.17, 15) is 0 Å². The predicted molar refractivity (Wildman–Crippen MR) is 195 cm³/mol. The van der Waals surface area contributed by atoms with E-state index in [0.717, 1.165) is 59.3 Å². The molecule has 4 aliphatic heterocycles. The van der Waals surface area contributed by atoms with E-state index in [-0.39, 0.29) is 5.54 Å². The van der Waals surface area contributed by atoms with Crippen LogP contribution in [0, 0.1) is 0 Å². The van der Waals surface area contributed by atoms with Gasteiger partial charge in [0.25, 0.3) is 0 Å². The van der Waals surface area contributed by atoms with Crippen molar-refractivity contribution in [3.05, 3.63) is 92.5 Å². The fraction of sp³-hybridized carbons (Fsp3) is 0.400. The van der Waals surface area contributed by atoms with Gasteiger partial charge in [0.05, 0.1) is 38.5 Å². The van der Waals surface area contributed by atoms with Crippen LogP contribution in [0.1, 0.15) is 47.2 Å². The molecule has 258 valence electrons. The quantitative estimate of drug-likeness (QED) is 0.208. The minimum absolute atomic E-state index is 0.307. The zero-order valence-corrected chi connectivity index (χ0v) is 31.2. The normalized spacial score (nSPS) is 21.8.